The molecule has 0 aliphatic carbocycles. The molecule has 2 aromatic carbocycles. The molecule has 0 unspecified atom stereocenters. The molecule has 1 aliphatic rings. The van der Waals surface area contributed by atoms with Gasteiger partial charge >= 0.3 is 6.03 Å². The molecule has 7 nitrogen and oxygen atoms in total. The second-order valence-corrected chi connectivity index (χ2v) is 6.93. The van der Waals surface area contributed by atoms with Gasteiger partial charge in [0.2, 0.25) is 5.91 Å². The molecule has 0 spiro atoms. The highest BCUT2D eigenvalue weighted by molar-refractivity contribution is 5.90. The molecule has 0 radical (unpaired) electrons. The molecule has 28 heavy (non-hydrogen) atoms. The Balaban J connectivity index is 1.59. The summed E-state index contributed by atoms with van der Waals surface area (Å²) in [5.41, 5.74) is 7.40. The summed E-state index contributed by atoms with van der Waals surface area (Å²) in [6.45, 7) is 3.11. The molecular weight excluding hydrogens is 356 g/mol. The molecule has 148 valence electrons. The molecule has 3 rings (SSSR count). The van der Waals surface area contributed by atoms with Gasteiger partial charge in [0, 0.05) is 37.8 Å². The summed E-state index contributed by atoms with van der Waals surface area (Å²) in [6.07, 6.45) is 0.403. The van der Waals surface area contributed by atoms with Crippen LogP contribution in [0, 0.1) is 0 Å². The van der Waals surface area contributed by atoms with Crippen molar-refractivity contribution >= 4 is 23.3 Å². The van der Waals surface area contributed by atoms with E-state index in [0.717, 1.165) is 11.4 Å². The number of nitrogens with two attached hydrogens (primary N) is 1. The van der Waals surface area contributed by atoms with Crippen molar-refractivity contribution in [1.82, 2.24) is 9.38 Å². The Hall–Kier alpha value is -2.90. The number of anilines is 1. The molecule has 2 aromatic rings. The van der Waals surface area contributed by atoms with Crippen molar-refractivity contribution in [1.29, 1.82) is 0 Å². The van der Waals surface area contributed by atoms with Crippen molar-refractivity contribution < 1.29 is 14.3 Å². The number of carbonyl (C=O) groups is 2. The maximum atomic E-state index is 12.4. The molecular formula is C21H27N4O3+. The number of methoxy groups -OCH3 is 1. The number of ether oxygens (including phenoxy) is 1. The zero-order chi connectivity index (χ0) is 20.0. The summed E-state index contributed by atoms with van der Waals surface area (Å²) in [6, 6.07) is 16.5. The fourth-order valence-corrected chi connectivity index (χ4v) is 3.64. The van der Waals surface area contributed by atoms with E-state index >= 15 is 0 Å². The lowest BCUT2D eigenvalue weighted by atomic mass is 10.1. The average Bonchev–Trinajstić information content (AvgIpc) is 2.73. The van der Waals surface area contributed by atoms with E-state index in [1.165, 1.54) is 0 Å². The number of rotatable bonds is 6. The summed E-state index contributed by atoms with van der Waals surface area (Å²) in [7, 11) is 1.60. The van der Waals surface area contributed by atoms with Crippen molar-refractivity contribution in [2.45, 2.75) is 6.42 Å². The number of hydrogen-bond donors (Lipinski definition) is 2. The molecule has 1 heterocycles. The number of carbonyl (C=O) groups excluding carboxylic acids is 2. The number of primary amides is 1. The minimum absolute atomic E-state index is 0.0165. The Labute approximate surface area is 165 Å². The van der Waals surface area contributed by atoms with Crippen LogP contribution in [-0.4, -0.2) is 56.7 Å². The standard InChI is InChI=1S/C21H26N4O3/c1-28-19-10-6-5-9-18(19)25(21(22)27)15-13-24(14-16-25)12-11-20(26)23-17-7-3-2-4-8-17/h2-10H,11-16H2,1H3,(H2-,22,23,26,27)/p+1. The van der Waals surface area contributed by atoms with Crippen LogP contribution < -0.4 is 20.3 Å². The van der Waals surface area contributed by atoms with Gasteiger partial charge in [0.05, 0.1) is 7.11 Å². The van der Waals surface area contributed by atoms with Gasteiger partial charge in [-0.3, -0.25) is 9.69 Å². The van der Waals surface area contributed by atoms with E-state index in [1.807, 2.05) is 54.6 Å². The van der Waals surface area contributed by atoms with E-state index < -0.39 is 0 Å². The van der Waals surface area contributed by atoms with Gasteiger partial charge in [-0.05, 0) is 18.2 Å². The van der Waals surface area contributed by atoms with Gasteiger partial charge in [0.15, 0.2) is 11.4 Å². The van der Waals surface area contributed by atoms with Crippen molar-refractivity contribution in [2.24, 2.45) is 5.73 Å². The quantitative estimate of drug-likeness (QED) is 0.751. The van der Waals surface area contributed by atoms with Crippen molar-refractivity contribution in [3.8, 4) is 5.75 Å². The van der Waals surface area contributed by atoms with Gasteiger partial charge in [-0.25, -0.2) is 9.28 Å². The first-order valence-corrected chi connectivity index (χ1v) is 9.43. The van der Waals surface area contributed by atoms with Gasteiger partial charge < -0.3 is 15.8 Å². The van der Waals surface area contributed by atoms with Gasteiger partial charge in [-0.2, -0.15) is 0 Å². The van der Waals surface area contributed by atoms with Crippen molar-refractivity contribution in [3.63, 3.8) is 0 Å². The fourth-order valence-electron chi connectivity index (χ4n) is 3.64. The third kappa shape index (κ3) is 4.32. The van der Waals surface area contributed by atoms with Crippen LogP contribution in [0.4, 0.5) is 16.2 Å². The van der Waals surface area contributed by atoms with Crippen LogP contribution in [0.1, 0.15) is 6.42 Å². The molecule has 0 atom stereocenters. The number of benzene rings is 2. The molecule has 1 aliphatic heterocycles. The van der Waals surface area contributed by atoms with Crippen LogP contribution >= 0.6 is 0 Å². The molecule has 3 N–H and O–H groups in total. The van der Waals surface area contributed by atoms with Crippen LogP contribution in [0.5, 0.6) is 5.75 Å². The summed E-state index contributed by atoms with van der Waals surface area (Å²) < 4.78 is 5.51. The second-order valence-electron chi connectivity index (χ2n) is 6.93. The van der Waals surface area contributed by atoms with E-state index in [2.05, 4.69) is 10.2 Å². The normalized spacial score (nSPS) is 16.3. The van der Waals surface area contributed by atoms with Crippen molar-refractivity contribution in [2.75, 3.05) is 45.2 Å². The number of hydrogen-bond acceptors (Lipinski definition) is 4. The molecule has 3 amide bonds. The second kappa shape index (κ2) is 8.86. The predicted molar refractivity (Wildman–Crippen MR) is 110 cm³/mol. The van der Waals surface area contributed by atoms with E-state index in [9.17, 15) is 9.59 Å². The lowest BCUT2D eigenvalue weighted by Gasteiger charge is -2.41. The lowest BCUT2D eigenvalue weighted by molar-refractivity contribution is -0.116. The maximum absolute atomic E-state index is 12.4. The number of piperazine rings is 1. The summed E-state index contributed by atoms with van der Waals surface area (Å²) >= 11 is 0. The smallest absolute Gasteiger partial charge is 0.419 e. The van der Waals surface area contributed by atoms with Crippen LogP contribution in [0.25, 0.3) is 0 Å². The fraction of sp³-hybridized carbons (Fsp3) is 0.333. The molecule has 0 bridgehead atoms. The largest absolute Gasteiger partial charge is 0.491 e. The van der Waals surface area contributed by atoms with Crippen molar-refractivity contribution in [3.05, 3.63) is 54.6 Å². The lowest BCUT2D eigenvalue weighted by Crippen LogP contribution is -2.65. The summed E-state index contributed by atoms with van der Waals surface area (Å²) in [5.74, 6) is 0.647. The minimum Gasteiger partial charge on any atom is -0.491 e. The number of para-hydroxylation sites is 3. The van der Waals surface area contributed by atoms with Gasteiger partial charge in [0.1, 0.15) is 13.1 Å². The van der Waals surface area contributed by atoms with E-state index in [0.29, 0.717) is 44.9 Å². The van der Waals surface area contributed by atoms with Crippen LogP contribution in [0.2, 0.25) is 0 Å². The van der Waals surface area contributed by atoms with Crippen LogP contribution in [-0.2, 0) is 4.79 Å². The first-order valence-electron chi connectivity index (χ1n) is 9.43. The Morgan fingerprint density at radius 1 is 1.07 bits per heavy atom. The third-order valence-electron chi connectivity index (χ3n) is 5.28. The zero-order valence-corrected chi connectivity index (χ0v) is 16.1. The minimum atomic E-state index is -0.383. The van der Waals surface area contributed by atoms with Crippen LogP contribution in [0.3, 0.4) is 0 Å². The van der Waals surface area contributed by atoms with E-state index in [1.54, 1.807) is 7.11 Å². The average molecular weight is 383 g/mol. The summed E-state index contributed by atoms with van der Waals surface area (Å²) in [4.78, 5) is 26.7. The number of nitrogens with one attached hydrogen (secondary N) is 1. The van der Waals surface area contributed by atoms with Crippen LogP contribution in [0.15, 0.2) is 54.6 Å². The topological polar surface area (TPSA) is 84.7 Å². The highest BCUT2D eigenvalue weighted by atomic mass is 16.5. The SMILES string of the molecule is COc1ccccc1[N+]1(C(N)=O)CCN(CCC(=O)Nc2ccccc2)CC1. The Bertz CT molecular complexity index is 817. The Kier molecular flexibility index (Phi) is 6.28. The number of quaternary nitrogens is 1. The summed E-state index contributed by atoms with van der Waals surface area (Å²) in [5, 5.41) is 2.90. The highest BCUT2D eigenvalue weighted by Crippen LogP contribution is 2.34. The molecule has 1 fully saturated rings. The Morgan fingerprint density at radius 3 is 2.36 bits per heavy atom. The van der Waals surface area contributed by atoms with E-state index in [4.69, 9.17) is 10.5 Å². The van der Waals surface area contributed by atoms with Gasteiger partial charge in [-0.1, -0.05) is 30.3 Å². The predicted octanol–water partition coefficient (Wildman–Crippen LogP) is 2.43. The van der Waals surface area contributed by atoms with Gasteiger partial charge in [-0.15, -0.1) is 0 Å². The number of urea groups is 1. The molecule has 7 heteroatoms. The molecule has 0 saturated carbocycles. The first-order chi connectivity index (χ1) is 13.5. The third-order valence-corrected chi connectivity index (χ3v) is 5.28. The Morgan fingerprint density at radius 2 is 1.71 bits per heavy atom. The molecule has 1 saturated heterocycles. The zero-order valence-electron chi connectivity index (χ0n) is 16.1. The number of nitrogens with zero attached hydrogens (tertiary/aromatic N) is 2. The number of amides is 3. The van der Waals surface area contributed by atoms with Gasteiger partial charge in [0.25, 0.3) is 0 Å². The molecule has 0 aromatic heterocycles. The highest BCUT2D eigenvalue weighted by Gasteiger charge is 2.43. The monoisotopic (exact) mass is 383 g/mol. The maximum Gasteiger partial charge on any atom is 0.419 e. The van der Waals surface area contributed by atoms with E-state index in [-0.39, 0.29) is 16.4 Å². The first kappa shape index (κ1) is 19.9.